The minimum absolute atomic E-state index is 1.05. The van der Waals surface area contributed by atoms with Crippen LogP contribution >= 0.6 is 0 Å². The highest BCUT2D eigenvalue weighted by Gasteiger charge is 1.90. The fourth-order valence-corrected chi connectivity index (χ4v) is 1.93. The fourth-order valence-electron chi connectivity index (χ4n) is 1.93. The quantitative estimate of drug-likeness (QED) is 0.252. The molecule has 1 N–H and O–H groups in total. The summed E-state index contributed by atoms with van der Waals surface area (Å²) < 4.78 is 0. The Labute approximate surface area is 113 Å². The van der Waals surface area contributed by atoms with Crippen LogP contribution in [0, 0.1) is 0 Å². The van der Waals surface area contributed by atoms with E-state index in [-0.39, 0.29) is 0 Å². The highest BCUT2D eigenvalue weighted by atomic mass is 16.2. The molecule has 0 bridgehead atoms. The molecule has 0 aliphatic rings. The van der Waals surface area contributed by atoms with Crippen LogP contribution in [0.3, 0.4) is 0 Å². The molecule has 18 heavy (non-hydrogen) atoms. The standard InChI is InChI=1S/C17H30O/c1-2-3-4-5-6-7-8-9-10-11-12-13-14-15-16-17-18/h12-18H,2-11H2,1H3. The SMILES string of the molecule is CCCCCCCCCCCC=CC=CC=CO. The zero-order valence-electron chi connectivity index (χ0n) is 12.0. The van der Waals surface area contributed by atoms with E-state index in [2.05, 4.69) is 13.0 Å². The summed E-state index contributed by atoms with van der Waals surface area (Å²) in [6.07, 6.45) is 24.3. The summed E-state index contributed by atoms with van der Waals surface area (Å²) in [7, 11) is 0. The number of allylic oxidation sites excluding steroid dienone is 5. The number of rotatable bonds is 12. The van der Waals surface area contributed by atoms with Gasteiger partial charge in [-0.25, -0.2) is 0 Å². The van der Waals surface area contributed by atoms with E-state index in [0.29, 0.717) is 0 Å². The molecule has 0 heterocycles. The van der Waals surface area contributed by atoms with E-state index in [4.69, 9.17) is 5.11 Å². The summed E-state index contributed by atoms with van der Waals surface area (Å²) in [5.74, 6) is 0. The molecule has 0 radical (unpaired) electrons. The molecule has 1 heteroatoms. The van der Waals surface area contributed by atoms with Crippen molar-refractivity contribution in [2.45, 2.75) is 71.1 Å². The van der Waals surface area contributed by atoms with Gasteiger partial charge in [0.15, 0.2) is 0 Å². The van der Waals surface area contributed by atoms with E-state index in [1.807, 2.05) is 18.2 Å². The fraction of sp³-hybridized carbons (Fsp3) is 0.647. The van der Waals surface area contributed by atoms with Crippen molar-refractivity contribution in [2.24, 2.45) is 0 Å². The van der Waals surface area contributed by atoms with Gasteiger partial charge in [-0.05, 0) is 18.9 Å². The van der Waals surface area contributed by atoms with Crippen molar-refractivity contribution < 1.29 is 5.11 Å². The average molecular weight is 250 g/mol. The lowest BCUT2D eigenvalue weighted by Gasteiger charge is -2.00. The highest BCUT2D eigenvalue weighted by molar-refractivity contribution is 5.09. The van der Waals surface area contributed by atoms with Crippen LogP contribution in [-0.4, -0.2) is 5.11 Å². The Morgan fingerprint density at radius 3 is 1.83 bits per heavy atom. The predicted octanol–water partition coefficient (Wildman–Crippen LogP) is 6.09. The van der Waals surface area contributed by atoms with Crippen LogP contribution in [0.5, 0.6) is 0 Å². The lowest BCUT2D eigenvalue weighted by atomic mass is 10.1. The first-order chi connectivity index (χ1) is 8.91. The second kappa shape index (κ2) is 16.0. The molecular weight excluding hydrogens is 220 g/mol. The third-order valence-corrected chi connectivity index (χ3v) is 3.03. The molecule has 1 nitrogen and oxygen atoms in total. The molecular formula is C17H30O. The topological polar surface area (TPSA) is 20.2 Å². The molecule has 0 rings (SSSR count). The van der Waals surface area contributed by atoms with E-state index < -0.39 is 0 Å². The van der Waals surface area contributed by atoms with E-state index in [9.17, 15) is 0 Å². The second-order valence-electron chi connectivity index (χ2n) is 4.77. The summed E-state index contributed by atoms with van der Waals surface area (Å²) in [6.45, 7) is 2.27. The van der Waals surface area contributed by atoms with Gasteiger partial charge in [0.05, 0.1) is 6.26 Å². The van der Waals surface area contributed by atoms with Crippen molar-refractivity contribution in [2.75, 3.05) is 0 Å². The minimum Gasteiger partial charge on any atom is -0.516 e. The van der Waals surface area contributed by atoms with Gasteiger partial charge in [0, 0.05) is 0 Å². The monoisotopic (exact) mass is 250 g/mol. The van der Waals surface area contributed by atoms with Crippen LogP contribution in [0.1, 0.15) is 71.1 Å². The molecule has 0 aromatic heterocycles. The van der Waals surface area contributed by atoms with E-state index >= 15 is 0 Å². The Morgan fingerprint density at radius 2 is 1.22 bits per heavy atom. The third kappa shape index (κ3) is 15.0. The molecule has 0 aromatic rings. The van der Waals surface area contributed by atoms with Crippen LogP contribution in [0.2, 0.25) is 0 Å². The van der Waals surface area contributed by atoms with Crippen LogP contribution in [0.25, 0.3) is 0 Å². The molecule has 0 aliphatic heterocycles. The molecule has 0 fully saturated rings. The van der Waals surface area contributed by atoms with Crippen LogP contribution in [0.4, 0.5) is 0 Å². The van der Waals surface area contributed by atoms with Crippen molar-refractivity contribution in [3.05, 3.63) is 36.6 Å². The summed E-state index contributed by atoms with van der Waals surface area (Å²) in [5, 5.41) is 8.40. The van der Waals surface area contributed by atoms with Crippen molar-refractivity contribution in [1.82, 2.24) is 0 Å². The first-order valence-electron chi connectivity index (χ1n) is 7.54. The summed E-state index contributed by atoms with van der Waals surface area (Å²) >= 11 is 0. The molecule has 0 atom stereocenters. The van der Waals surface area contributed by atoms with Crippen molar-refractivity contribution in [3.63, 3.8) is 0 Å². The molecule has 0 aliphatic carbocycles. The molecule has 0 saturated carbocycles. The minimum atomic E-state index is 1.05. The lowest BCUT2D eigenvalue weighted by molar-refractivity contribution is 0.474. The molecule has 104 valence electrons. The maximum absolute atomic E-state index is 8.40. The number of unbranched alkanes of at least 4 members (excludes halogenated alkanes) is 9. The van der Waals surface area contributed by atoms with Gasteiger partial charge in [0.2, 0.25) is 0 Å². The summed E-state index contributed by atoms with van der Waals surface area (Å²) in [6, 6.07) is 0. The Balaban J connectivity index is 3.11. The van der Waals surface area contributed by atoms with Gasteiger partial charge >= 0.3 is 0 Å². The smallest absolute Gasteiger partial charge is 0.0791 e. The van der Waals surface area contributed by atoms with Crippen LogP contribution in [-0.2, 0) is 0 Å². The second-order valence-corrected chi connectivity index (χ2v) is 4.77. The maximum atomic E-state index is 8.40. The Bertz CT molecular complexity index is 226. The largest absolute Gasteiger partial charge is 0.516 e. The zero-order chi connectivity index (χ0) is 13.3. The lowest BCUT2D eigenvalue weighted by Crippen LogP contribution is -1.80. The number of hydrogen-bond donors (Lipinski definition) is 1. The van der Waals surface area contributed by atoms with Crippen molar-refractivity contribution in [3.8, 4) is 0 Å². The third-order valence-electron chi connectivity index (χ3n) is 3.03. The molecule has 0 spiro atoms. The van der Waals surface area contributed by atoms with Gasteiger partial charge in [-0.15, -0.1) is 0 Å². The summed E-state index contributed by atoms with van der Waals surface area (Å²) in [5.41, 5.74) is 0. The van der Waals surface area contributed by atoms with Gasteiger partial charge in [-0.3, -0.25) is 0 Å². The Kier molecular flexibility index (Phi) is 15.1. The number of aliphatic hydroxyl groups is 1. The number of hydrogen-bond acceptors (Lipinski definition) is 1. The van der Waals surface area contributed by atoms with E-state index in [0.717, 1.165) is 6.26 Å². The van der Waals surface area contributed by atoms with E-state index in [1.165, 1.54) is 64.2 Å². The average Bonchev–Trinajstić information content (AvgIpc) is 2.39. The Morgan fingerprint density at radius 1 is 0.667 bits per heavy atom. The van der Waals surface area contributed by atoms with Gasteiger partial charge in [-0.1, -0.05) is 82.6 Å². The normalized spacial score (nSPS) is 12.3. The molecule has 0 amide bonds. The number of aliphatic hydroxyl groups excluding tert-OH is 1. The summed E-state index contributed by atoms with van der Waals surface area (Å²) in [4.78, 5) is 0. The zero-order valence-corrected chi connectivity index (χ0v) is 12.0. The van der Waals surface area contributed by atoms with Gasteiger partial charge in [0.1, 0.15) is 0 Å². The van der Waals surface area contributed by atoms with Gasteiger partial charge < -0.3 is 5.11 Å². The van der Waals surface area contributed by atoms with Crippen LogP contribution < -0.4 is 0 Å². The predicted molar refractivity (Wildman–Crippen MR) is 81.9 cm³/mol. The highest BCUT2D eigenvalue weighted by Crippen LogP contribution is 2.10. The van der Waals surface area contributed by atoms with Gasteiger partial charge in [-0.2, -0.15) is 0 Å². The molecule has 0 saturated heterocycles. The first-order valence-corrected chi connectivity index (χ1v) is 7.54. The van der Waals surface area contributed by atoms with Crippen molar-refractivity contribution in [1.29, 1.82) is 0 Å². The maximum Gasteiger partial charge on any atom is 0.0791 e. The Hall–Kier alpha value is -0.980. The van der Waals surface area contributed by atoms with Crippen molar-refractivity contribution >= 4 is 0 Å². The molecule has 0 unspecified atom stereocenters. The van der Waals surface area contributed by atoms with Crippen LogP contribution in [0.15, 0.2) is 36.6 Å². The van der Waals surface area contributed by atoms with E-state index in [1.54, 1.807) is 6.08 Å². The van der Waals surface area contributed by atoms with Gasteiger partial charge in [0.25, 0.3) is 0 Å². The molecule has 0 aromatic carbocycles. The first kappa shape index (κ1) is 17.0.